The number of hydrogen-bond acceptors (Lipinski definition) is 5. The van der Waals surface area contributed by atoms with Crippen molar-refractivity contribution >= 4 is 5.69 Å². The smallest absolute Gasteiger partial charge is 0.388 e. The summed E-state index contributed by atoms with van der Waals surface area (Å²) in [5.41, 5.74) is -2.08. The largest absolute Gasteiger partial charge is 0.434 e. The van der Waals surface area contributed by atoms with Crippen LogP contribution < -0.4 is 16.4 Å². The van der Waals surface area contributed by atoms with Gasteiger partial charge in [0.1, 0.15) is 6.04 Å². The lowest BCUT2D eigenvalue weighted by atomic mass is 9.89. The number of piperidine rings is 1. The van der Waals surface area contributed by atoms with Crippen LogP contribution in [0.1, 0.15) is 18.4 Å². The second-order valence-electron chi connectivity index (χ2n) is 6.43. The summed E-state index contributed by atoms with van der Waals surface area (Å²) >= 11 is 0. The minimum absolute atomic E-state index is 0.0694. The van der Waals surface area contributed by atoms with Gasteiger partial charge in [-0.3, -0.25) is 0 Å². The number of nitrogens with one attached hydrogen (secondary N) is 3. The monoisotopic (exact) mass is 410 g/mol. The molecule has 0 aliphatic carbocycles. The molecule has 0 spiro atoms. The number of alkyl halides is 6. The van der Waals surface area contributed by atoms with E-state index in [1.807, 2.05) is 5.10 Å². The molecule has 12 heteroatoms. The molecule has 0 unspecified atom stereocenters. The predicted molar refractivity (Wildman–Crippen MR) is 86.6 cm³/mol. The molecule has 3 rings (SSSR count). The Morgan fingerprint density at radius 1 is 1.14 bits per heavy atom. The predicted octanol–water partition coefficient (Wildman–Crippen LogP) is 3.39. The zero-order valence-corrected chi connectivity index (χ0v) is 14.2. The van der Waals surface area contributed by atoms with Gasteiger partial charge >= 0.3 is 18.1 Å². The maximum absolute atomic E-state index is 13.6. The van der Waals surface area contributed by atoms with Gasteiger partial charge in [0.15, 0.2) is 0 Å². The number of nitrogens with zero attached hydrogens (tertiary/aromatic N) is 1. The molecule has 0 bridgehead atoms. The molecule has 1 fully saturated rings. The minimum Gasteiger partial charge on any atom is -0.388 e. The van der Waals surface area contributed by atoms with E-state index < -0.39 is 41.3 Å². The van der Waals surface area contributed by atoms with Crippen molar-refractivity contribution in [1.29, 1.82) is 0 Å². The van der Waals surface area contributed by atoms with Crippen LogP contribution in [0.5, 0.6) is 0 Å². The number of rotatable bonds is 4. The molecule has 1 aliphatic heterocycles. The van der Waals surface area contributed by atoms with E-state index in [0.29, 0.717) is 19.2 Å². The third kappa shape index (κ3) is 4.49. The molecule has 3 N–H and O–H groups in total. The highest BCUT2D eigenvalue weighted by atomic mass is 19.4. The van der Waals surface area contributed by atoms with E-state index >= 15 is 0 Å². The van der Waals surface area contributed by atoms with E-state index in [2.05, 4.69) is 20.1 Å². The number of halogens is 6. The Balaban J connectivity index is 2.02. The molecule has 2 aromatic rings. The second kappa shape index (κ2) is 7.49. The molecular formula is C16H16F6N4O2. The van der Waals surface area contributed by atoms with E-state index in [9.17, 15) is 31.1 Å². The zero-order chi connectivity index (χ0) is 20.5. The Morgan fingerprint density at radius 3 is 2.36 bits per heavy atom. The van der Waals surface area contributed by atoms with Crippen molar-refractivity contribution < 1.29 is 30.8 Å². The maximum Gasteiger partial charge on any atom is 0.434 e. The van der Waals surface area contributed by atoms with Gasteiger partial charge in [0.25, 0.3) is 0 Å². The van der Waals surface area contributed by atoms with Crippen molar-refractivity contribution in [1.82, 2.24) is 15.5 Å². The van der Waals surface area contributed by atoms with Crippen molar-refractivity contribution in [2.24, 2.45) is 5.92 Å². The Labute approximate surface area is 154 Å². The second-order valence-corrected chi connectivity index (χ2v) is 6.43. The van der Waals surface area contributed by atoms with Gasteiger partial charge in [0, 0.05) is 11.3 Å². The van der Waals surface area contributed by atoms with Gasteiger partial charge in [-0.15, -0.1) is 5.10 Å². The highest BCUT2D eigenvalue weighted by Crippen LogP contribution is 2.40. The van der Waals surface area contributed by atoms with Crippen LogP contribution >= 0.6 is 0 Å². The first-order valence-electron chi connectivity index (χ1n) is 8.37. The first kappa shape index (κ1) is 20.2. The van der Waals surface area contributed by atoms with Crippen LogP contribution in [0.25, 0.3) is 11.5 Å². The van der Waals surface area contributed by atoms with Crippen molar-refractivity contribution in [2.75, 3.05) is 18.4 Å². The minimum atomic E-state index is -4.88. The summed E-state index contributed by atoms with van der Waals surface area (Å²) in [7, 11) is 0. The van der Waals surface area contributed by atoms with Gasteiger partial charge in [-0.05, 0) is 50.0 Å². The average molecular weight is 410 g/mol. The van der Waals surface area contributed by atoms with Crippen molar-refractivity contribution in [3.8, 4) is 11.5 Å². The van der Waals surface area contributed by atoms with Crippen LogP contribution in [-0.2, 0) is 6.18 Å². The quantitative estimate of drug-likeness (QED) is 0.674. The molecule has 0 radical (unpaired) electrons. The molecule has 6 nitrogen and oxygen atoms in total. The molecule has 28 heavy (non-hydrogen) atoms. The topological polar surface area (TPSA) is 83.0 Å². The lowest BCUT2D eigenvalue weighted by Crippen LogP contribution is -2.46. The summed E-state index contributed by atoms with van der Waals surface area (Å²) in [5.74, 6) is -2.14. The van der Waals surface area contributed by atoms with Gasteiger partial charge in [-0.2, -0.15) is 26.3 Å². The standard InChI is InChI=1S/C16H16F6N4O2/c17-15(18,19)10-2-1-9(13-25-26-14(27)28-13)7-11(10)24-12(16(20,21)22)8-3-5-23-6-4-8/h1-2,7-8,12,23-24H,3-6H2,(H,26,27)/t12-/m1/s1. The van der Waals surface area contributed by atoms with E-state index in [1.165, 1.54) is 0 Å². The van der Waals surface area contributed by atoms with E-state index in [0.717, 1.165) is 12.1 Å². The molecule has 154 valence electrons. The summed E-state index contributed by atoms with van der Waals surface area (Å²) < 4.78 is 85.5. The zero-order valence-electron chi connectivity index (χ0n) is 14.2. The molecule has 1 saturated heterocycles. The fourth-order valence-electron chi connectivity index (χ4n) is 3.21. The van der Waals surface area contributed by atoms with Crippen molar-refractivity contribution in [3.05, 3.63) is 34.3 Å². The van der Waals surface area contributed by atoms with Crippen LogP contribution in [-0.4, -0.2) is 35.5 Å². The van der Waals surface area contributed by atoms with Gasteiger partial charge in [-0.25, -0.2) is 9.89 Å². The first-order valence-corrected chi connectivity index (χ1v) is 8.37. The van der Waals surface area contributed by atoms with Gasteiger partial charge < -0.3 is 15.1 Å². The molecule has 1 aliphatic rings. The summed E-state index contributed by atoms with van der Waals surface area (Å²) in [6, 6.07) is 0.293. The highest BCUT2D eigenvalue weighted by molar-refractivity contribution is 5.65. The number of aromatic amines is 1. The summed E-state index contributed by atoms with van der Waals surface area (Å²) in [5, 5.41) is 10.4. The molecule has 1 atom stereocenters. The SMILES string of the molecule is O=c1[nH]nc(-c2ccc(C(F)(F)F)c(N[C@H](C3CCNCC3)C(F)(F)F)c2)o1. The number of hydrogen-bond donors (Lipinski definition) is 3. The lowest BCUT2D eigenvalue weighted by Gasteiger charge is -2.34. The molecule has 1 aromatic carbocycles. The molecular weight excluding hydrogens is 394 g/mol. The molecule has 0 amide bonds. The number of anilines is 1. The number of H-pyrrole nitrogens is 1. The summed E-state index contributed by atoms with van der Waals surface area (Å²) in [6.07, 6.45) is -9.28. The molecule has 2 heterocycles. The van der Waals surface area contributed by atoms with Crippen molar-refractivity contribution in [2.45, 2.75) is 31.2 Å². The van der Waals surface area contributed by atoms with Crippen LogP contribution in [0, 0.1) is 5.92 Å². The first-order chi connectivity index (χ1) is 13.1. The van der Waals surface area contributed by atoms with E-state index in [1.54, 1.807) is 0 Å². The maximum atomic E-state index is 13.6. The Morgan fingerprint density at radius 2 is 1.82 bits per heavy atom. The number of aromatic nitrogens is 2. The van der Waals surface area contributed by atoms with Crippen LogP contribution in [0.3, 0.4) is 0 Å². The fraction of sp³-hybridized carbons (Fsp3) is 0.500. The fourth-order valence-corrected chi connectivity index (χ4v) is 3.21. The third-order valence-electron chi connectivity index (χ3n) is 4.53. The Hall–Kier alpha value is -2.50. The molecule has 1 aromatic heterocycles. The summed E-state index contributed by atoms with van der Waals surface area (Å²) in [4.78, 5) is 11.1. The third-order valence-corrected chi connectivity index (χ3v) is 4.53. The van der Waals surface area contributed by atoms with Gasteiger partial charge in [0.2, 0.25) is 5.89 Å². The van der Waals surface area contributed by atoms with E-state index in [-0.39, 0.29) is 24.3 Å². The van der Waals surface area contributed by atoms with Crippen LogP contribution in [0.4, 0.5) is 32.0 Å². The molecule has 0 saturated carbocycles. The lowest BCUT2D eigenvalue weighted by molar-refractivity contribution is -0.156. The van der Waals surface area contributed by atoms with Crippen LogP contribution in [0.2, 0.25) is 0 Å². The number of benzene rings is 1. The average Bonchev–Trinajstić information content (AvgIpc) is 3.05. The normalized spacial score (nSPS) is 17.5. The van der Waals surface area contributed by atoms with Crippen molar-refractivity contribution in [3.63, 3.8) is 0 Å². The Bertz CT molecular complexity index is 867. The van der Waals surface area contributed by atoms with Crippen LogP contribution in [0.15, 0.2) is 27.4 Å². The Kier molecular flexibility index (Phi) is 5.41. The summed E-state index contributed by atoms with van der Waals surface area (Å²) in [6.45, 7) is 0.701. The van der Waals surface area contributed by atoms with Gasteiger partial charge in [0.05, 0.1) is 5.56 Å². The van der Waals surface area contributed by atoms with E-state index in [4.69, 9.17) is 0 Å². The highest BCUT2D eigenvalue weighted by Gasteiger charge is 2.46. The van der Waals surface area contributed by atoms with Gasteiger partial charge in [-0.1, -0.05) is 0 Å².